The summed E-state index contributed by atoms with van der Waals surface area (Å²) in [5.74, 6) is 2.11. The molecule has 5 rings (SSSR count). The van der Waals surface area contributed by atoms with Gasteiger partial charge in [0.05, 0.1) is 13.2 Å². The molecule has 1 atom stereocenters. The number of hydrogen-bond donors (Lipinski definition) is 0. The summed E-state index contributed by atoms with van der Waals surface area (Å²) in [7, 11) is 2.18. The first-order valence-electron chi connectivity index (χ1n) is 12.4. The average Bonchev–Trinajstić information content (AvgIpc) is 3.38. The van der Waals surface area contributed by atoms with Crippen LogP contribution < -0.4 is 9.47 Å². The molecule has 3 aromatic rings. The minimum Gasteiger partial charge on any atom is -0.489 e. The van der Waals surface area contributed by atoms with Crippen LogP contribution in [0.5, 0.6) is 11.5 Å². The van der Waals surface area contributed by atoms with E-state index in [1.807, 2.05) is 17.9 Å². The molecular weight excluding hydrogens is 460 g/mol. The zero-order valence-electron chi connectivity index (χ0n) is 20.8. The Kier molecular flexibility index (Phi) is 7.11. The summed E-state index contributed by atoms with van der Waals surface area (Å²) in [4.78, 5) is 19.9. The molecule has 0 bridgehead atoms. The largest absolute Gasteiger partial charge is 0.489 e. The number of carbonyl (C=O) groups excluding carboxylic acids is 1. The maximum absolute atomic E-state index is 13.2. The lowest BCUT2D eigenvalue weighted by molar-refractivity contribution is -0.132. The molecule has 2 aliphatic rings. The summed E-state index contributed by atoms with van der Waals surface area (Å²) >= 11 is 1.77. The lowest BCUT2D eigenvalue weighted by atomic mass is 9.99. The third kappa shape index (κ3) is 5.54. The quantitative estimate of drug-likeness (QED) is 0.509. The van der Waals surface area contributed by atoms with Crippen molar-refractivity contribution in [2.75, 3.05) is 39.9 Å². The van der Waals surface area contributed by atoms with Gasteiger partial charge in [-0.25, -0.2) is 0 Å². The van der Waals surface area contributed by atoms with Crippen LogP contribution >= 0.6 is 11.3 Å². The predicted molar refractivity (Wildman–Crippen MR) is 138 cm³/mol. The van der Waals surface area contributed by atoms with Crippen molar-refractivity contribution < 1.29 is 14.3 Å². The van der Waals surface area contributed by atoms with Crippen molar-refractivity contribution in [1.29, 1.82) is 0 Å². The van der Waals surface area contributed by atoms with Gasteiger partial charge >= 0.3 is 0 Å². The Morgan fingerprint density at radius 1 is 1.23 bits per heavy atom. The van der Waals surface area contributed by atoms with Gasteiger partial charge < -0.3 is 19.3 Å². The molecule has 0 saturated carbocycles. The van der Waals surface area contributed by atoms with Crippen LogP contribution in [-0.4, -0.2) is 65.4 Å². The SMILES string of the molecule is Cc1ccc(-c2cc3c(c(OC[C@@H]4CCCN(C)C4)c2)OCCN(C(=O)Cn2nccc2C)C3)s1. The lowest BCUT2D eigenvalue weighted by Crippen LogP contribution is -2.35. The Bertz CT molecular complexity index is 1190. The van der Waals surface area contributed by atoms with E-state index in [0.717, 1.165) is 41.4 Å². The second-order valence-corrected chi connectivity index (χ2v) is 11.0. The Hall–Kier alpha value is -2.84. The number of rotatable bonds is 6. The molecule has 0 unspecified atom stereocenters. The van der Waals surface area contributed by atoms with Gasteiger partial charge in [0.15, 0.2) is 11.5 Å². The molecule has 0 aliphatic carbocycles. The third-order valence-electron chi connectivity index (χ3n) is 6.89. The van der Waals surface area contributed by atoms with Crippen LogP contribution in [0.3, 0.4) is 0 Å². The van der Waals surface area contributed by atoms with Crippen molar-refractivity contribution in [3.05, 3.63) is 52.7 Å². The van der Waals surface area contributed by atoms with Crippen LogP contribution in [0, 0.1) is 19.8 Å². The zero-order valence-corrected chi connectivity index (χ0v) is 21.6. The van der Waals surface area contributed by atoms with Crippen LogP contribution in [0.4, 0.5) is 0 Å². The summed E-state index contributed by atoms with van der Waals surface area (Å²) < 4.78 is 14.4. The van der Waals surface area contributed by atoms with Gasteiger partial charge in [0.2, 0.25) is 5.91 Å². The van der Waals surface area contributed by atoms with Crippen molar-refractivity contribution in [1.82, 2.24) is 19.6 Å². The highest BCUT2D eigenvalue weighted by atomic mass is 32.1. The topological polar surface area (TPSA) is 59.8 Å². The van der Waals surface area contributed by atoms with Crippen LogP contribution in [0.25, 0.3) is 10.4 Å². The van der Waals surface area contributed by atoms with Crippen LogP contribution in [0.1, 0.15) is 29.0 Å². The third-order valence-corrected chi connectivity index (χ3v) is 7.94. The summed E-state index contributed by atoms with van der Waals surface area (Å²) in [5.41, 5.74) is 3.08. The molecule has 1 amide bonds. The van der Waals surface area contributed by atoms with Gasteiger partial charge in [-0.2, -0.15) is 5.10 Å². The van der Waals surface area contributed by atoms with Gasteiger partial charge in [-0.05, 0) is 76.2 Å². The number of amides is 1. The molecule has 35 heavy (non-hydrogen) atoms. The minimum absolute atomic E-state index is 0.0401. The summed E-state index contributed by atoms with van der Waals surface area (Å²) in [6.07, 6.45) is 4.12. The van der Waals surface area contributed by atoms with Gasteiger partial charge in [0, 0.05) is 46.2 Å². The Morgan fingerprint density at radius 2 is 2.11 bits per heavy atom. The number of fused-ring (bicyclic) bond motifs is 1. The molecule has 186 valence electrons. The zero-order chi connectivity index (χ0) is 24.4. The maximum atomic E-state index is 13.2. The van der Waals surface area contributed by atoms with E-state index >= 15 is 0 Å². The number of carbonyl (C=O) groups is 1. The molecule has 4 heterocycles. The van der Waals surface area contributed by atoms with Gasteiger partial charge in [0.25, 0.3) is 0 Å². The van der Waals surface area contributed by atoms with Gasteiger partial charge in [-0.1, -0.05) is 0 Å². The molecule has 2 aromatic heterocycles. The van der Waals surface area contributed by atoms with E-state index in [4.69, 9.17) is 9.47 Å². The number of nitrogens with zero attached hydrogens (tertiary/aromatic N) is 4. The smallest absolute Gasteiger partial charge is 0.244 e. The molecule has 2 aliphatic heterocycles. The fourth-order valence-electron chi connectivity index (χ4n) is 4.95. The summed E-state index contributed by atoms with van der Waals surface area (Å²) in [5, 5.41) is 4.28. The highest BCUT2D eigenvalue weighted by molar-refractivity contribution is 7.15. The van der Waals surface area contributed by atoms with Gasteiger partial charge in [-0.15, -0.1) is 11.3 Å². The monoisotopic (exact) mass is 494 g/mol. The molecule has 0 N–H and O–H groups in total. The number of ether oxygens (including phenoxy) is 2. The number of thiophene rings is 1. The summed E-state index contributed by atoms with van der Waals surface area (Å²) in [6.45, 7) is 8.68. The van der Waals surface area contributed by atoms with Crippen LogP contribution in [0.15, 0.2) is 36.5 Å². The number of benzene rings is 1. The van der Waals surface area contributed by atoms with E-state index in [1.54, 1.807) is 22.2 Å². The van der Waals surface area contributed by atoms with Crippen molar-refractivity contribution in [3.63, 3.8) is 0 Å². The van der Waals surface area contributed by atoms with Crippen molar-refractivity contribution >= 4 is 17.2 Å². The Balaban J connectivity index is 1.41. The van der Waals surface area contributed by atoms with E-state index in [9.17, 15) is 4.79 Å². The van der Waals surface area contributed by atoms with E-state index in [-0.39, 0.29) is 12.5 Å². The molecule has 1 saturated heterocycles. The fourth-order valence-corrected chi connectivity index (χ4v) is 5.80. The van der Waals surface area contributed by atoms with Crippen molar-refractivity contribution in [3.8, 4) is 21.9 Å². The molecular formula is C27H34N4O3S. The van der Waals surface area contributed by atoms with Gasteiger partial charge in [-0.3, -0.25) is 9.48 Å². The highest BCUT2D eigenvalue weighted by Crippen LogP contribution is 2.40. The molecule has 7 nitrogen and oxygen atoms in total. The number of aryl methyl sites for hydroxylation is 2. The molecule has 0 spiro atoms. The number of aromatic nitrogens is 2. The van der Waals surface area contributed by atoms with Crippen LogP contribution in [0.2, 0.25) is 0 Å². The van der Waals surface area contributed by atoms with Crippen molar-refractivity contribution in [2.24, 2.45) is 5.92 Å². The standard InChI is InChI=1S/C27H34N4O3S/c1-19-8-9-28-31(19)17-26(32)30-11-12-33-27-23(16-30)13-22(25-7-6-20(2)35-25)14-24(27)34-18-21-5-4-10-29(3)15-21/h6-9,13-14,21H,4-5,10-12,15-18H2,1-3H3/t21-/m1/s1. The van der Waals surface area contributed by atoms with Gasteiger partial charge in [0.1, 0.15) is 13.2 Å². The van der Waals surface area contributed by atoms with E-state index in [0.29, 0.717) is 32.2 Å². The lowest BCUT2D eigenvalue weighted by Gasteiger charge is -2.29. The van der Waals surface area contributed by atoms with Crippen molar-refractivity contribution in [2.45, 2.75) is 39.8 Å². The fraction of sp³-hybridized carbons (Fsp3) is 0.481. The minimum atomic E-state index is 0.0401. The second-order valence-electron chi connectivity index (χ2n) is 9.75. The average molecular weight is 495 g/mol. The second kappa shape index (κ2) is 10.4. The van der Waals surface area contributed by atoms with E-state index in [1.165, 1.54) is 22.6 Å². The predicted octanol–water partition coefficient (Wildman–Crippen LogP) is 4.37. The first-order chi connectivity index (χ1) is 17.0. The number of likely N-dealkylation sites (tertiary alicyclic amines) is 1. The first-order valence-corrected chi connectivity index (χ1v) is 13.2. The molecule has 0 radical (unpaired) electrons. The highest BCUT2D eigenvalue weighted by Gasteiger charge is 2.25. The Morgan fingerprint density at radius 3 is 2.86 bits per heavy atom. The van der Waals surface area contributed by atoms with E-state index in [2.05, 4.69) is 48.2 Å². The number of hydrogen-bond acceptors (Lipinski definition) is 6. The molecule has 1 aromatic carbocycles. The number of piperidine rings is 1. The maximum Gasteiger partial charge on any atom is 0.244 e. The molecule has 8 heteroatoms. The molecule has 1 fully saturated rings. The summed E-state index contributed by atoms with van der Waals surface area (Å²) in [6, 6.07) is 10.5. The first kappa shape index (κ1) is 23.9. The normalized spacial score (nSPS) is 18.6. The Labute approximate surface area is 211 Å². The van der Waals surface area contributed by atoms with Crippen LogP contribution in [-0.2, 0) is 17.9 Å². The van der Waals surface area contributed by atoms with E-state index < -0.39 is 0 Å².